The zero-order valence-corrected chi connectivity index (χ0v) is 12.0. The third kappa shape index (κ3) is 1.83. The molecule has 5 heteroatoms. The number of hydrogen-bond donors (Lipinski definition) is 0. The first-order chi connectivity index (χ1) is 8.34. The van der Waals surface area contributed by atoms with E-state index in [9.17, 15) is 4.79 Å². The van der Waals surface area contributed by atoms with Crippen LogP contribution in [-0.2, 0) is 13.6 Å². The van der Waals surface area contributed by atoms with E-state index in [4.69, 9.17) is 0 Å². The summed E-state index contributed by atoms with van der Waals surface area (Å²) in [6.07, 6.45) is 0. The maximum atomic E-state index is 12.4. The minimum absolute atomic E-state index is 0.102. The van der Waals surface area contributed by atoms with Crippen molar-refractivity contribution in [1.29, 1.82) is 0 Å². The molecule has 0 amide bonds. The van der Waals surface area contributed by atoms with E-state index in [1.807, 2.05) is 39.4 Å². The van der Waals surface area contributed by atoms with Gasteiger partial charge < -0.3 is 0 Å². The fourth-order valence-corrected chi connectivity index (χ4v) is 2.37. The van der Waals surface area contributed by atoms with Gasteiger partial charge in [0.2, 0.25) is 0 Å². The van der Waals surface area contributed by atoms with Gasteiger partial charge >= 0.3 is 108 Å². The summed E-state index contributed by atoms with van der Waals surface area (Å²) in [6.45, 7) is 8.82. The molecule has 2 rings (SSSR count). The van der Waals surface area contributed by atoms with Crippen LogP contribution in [0.4, 0.5) is 0 Å². The van der Waals surface area contributed by atoms with Gasteiger partial charge in [-0.3, -0.25) is 0 Å². The SMILES string of the molecule is Cc1bc2n(C)c(C)c(C)c(=O)n2c1CN(C)C. The predicted molar refractivity (Wildman–Crippen MR) is 75.6 cm³/mol. The van der Waals surface area contributed by atoms with E-state index >= 15 is 0 Å². The van der Waals surface area contributed by atoms with Gasteiger partial charge in [-0.1, -0.05) is 0 Å². The molecule has 0 spiro atoms. The van der Waals surface area contributed by atoms with Gasteiger partial charge in [-0.2, -0.15) is 0 Å². The molecule has 96 valence electrons. The topological polar surface area (TPSA) is 29.6 Å². The number of aromatic nitrogens is 2. The van der Waals surface area contributed by atoms with Gasteiger partial charge in [-0.25, -0.2) is 0 Å². The van der Waals surface area contributed by atoms with Crippen molar-refractivity contribution in [2.24, 2.45) is 7.05 Å². The Morgan fingerprint density at radius 1 is 1.22 bits per heavy atom. The molecule has 4 nitrogen and oxygen atoms in total. The van der Waals surface area contributed by atoms with E-state index in [1.165, 1.54) is 5.46 Å². The fraction of sp³-hybridized carbons (Fsp3) is 0.538. The predicted octanol–water partition coefficient (Wildman–Crippen LogP) is 0.963. The van der Waals surface area contributed by atoms with Gasteiger partial charge in [0.25, 0.3) is 0 Å². The average Bonchev–Trinajstić information content (AvgIpc) is 2.61. The molecule has 0 N–H and O–H groups in total. The maximum absolute atomic E-state index is 12.4. The summed E-state index contributed by atoms with van der Waals surface area (Å²) in [5.74, 6) is 0. The minimum atomic E-state index is 0.102. The molecule has 0 fully saturated rings. The van der Waals surface area contributed by atoms with Gasteiger partial charge in [0.1, 0.15) is 0 Å². The van der Waals surface area contributed by atoms with E-state index in [-0.39, 0.29) is 5.56 Å². The van der Waals surface area contributed by atoms with Crippen LogP contribution in [0.3, 0.4) is 0 Å². The standard InChI is InChI=1S/C13H20BN3O/c1-8-10(3)16(6)13-14-9(2)11(7-15(4)5)17(13)12(8)18/h7H2,1-6H3. The molecule has 2 heterocycles. The van der Waals surface area contributed by atoms with Crippen LogP contribution < -0.4 is 5.56 Å². The van der Waals surface area contributed by atoms with Crippen LogP contribution in [0.1, 0.15) is 22.4 Å². The average molecular weight is 245 g/mol. The molecule has 0 aliphatic carbocycles. The number of aryl methyl sites for hydroxylation is 2. The quantitative estimate of drug-likeness (QED) is 0.788. The first-order valence-corrected chi connectivity index (χ1v) is 6.16. The molecule has 0 radical (unpaired) electrons. The summed E-state index contributed by atoms with van der Waals surface area (Å²) in [4.78, 5) is 14.5. The summed E-state index contributed by atoms with van der Waals surface area (Å²) < 4.78 is 3.93. The number of hydrogen-bond acceptors (Lipinski definition) is 2. The third-order valence-corrected chi connectivity index (χ3v) is 3.68. The van der Waals surface area contributed by atoms with Crippen molar-refractivity contribution in [2.75, 3.05) is 14.1 Å². The number of nitrogens with zero attached hydrogens (tertiary/aromatic N) is 3. The first-order valence-electron chi connectivity index (χ1n) is 6.16. The Balaban J connectivity index is 2.90. The van der Waals surface area contributed by atoms with Crippen molar-refractivity contribution >= 4 is 12.5 Å². The molecule has 2 aromatic rings. The Labute approximate surface area is 108 Å². The second kappa shape index (κ2) is 4.39. The Kier molecular flexibility index (Phi) is 3.19. The van der Waals surface area contributed by atoms with Gasteiger partial charge in [-0.15, -0.1) is 0 Å². The monoisotopic (exact) mass is 245 g/mol. The number of fused-ring (bicyclic) bond motifs is 1. The summed E-state index contributed by atoms with van der Waals surface area (Å²) in [5, 5.41) is 0. The second-order valence-corrected chi connectivity index (χ2v) is 5.28. The Bertz CT molecular complexity index is 667. The normalized spacial score (nSPS) is 11.5. The van der Waals surface area contributed by atoms with E-state index in [2.05, 4.69) is 23.3 Å². The van der Waals surface area contributed by atoms with Crippen LogP contribution in [0, 0.1) is 20.8 Å². The van der Waals surface area contributed by atoms with Crippen LogP contribution in [0.25, 0.3) is 5.54 Å². The second-order valence-electron chi connectivity index (χ2n) is 5.28. The van der Waals surface area contributed by atoms with Crippen molar-refractivity contribution in [1.82, 2.24) is 13.9 Å². The van der Waals surface area contributed by atoms with Crippen molar-refractivity contribution in [3.05, 3.63) is 32.8 Å². The Morgan fingerprint density at radius 3 is 2.39 bits per heavy atom. The molecule has 0 aliphatic heterocycles. The fourth-order valence-electron chi connectivity index (χ4n) is 2.37. The molecule has 0 atom stereocenters. The van der Waals surface area contributed by atoms with Crippen molar-refractivity contribution < 1.29 is 0 Å². The zero-order valence-electron chi connectivity index (χ0n) is 12.0. The van der Waals surface area contributed by atoms with E-state index in [0.717, 1.165) is 29.0 Å². The van der Waals surface area contributed by atoms with E-state index in [0.29, 0.717) is 0 Å². The summed E-state index contributed by atoms with van der Waals surface area (Å²) in [5.41, 5.74) is 5.17. The molecule has 0 unspecified atom stereocenters. The van der Waals surface area contributed by atoms with Gasteiger partial charge in [0.05, 0.1) is 0 Å². The van der Waals surface area contributed by atoms with Crippen molar-refractivity contribution in [3.8, 4) is 0 Å². The van der Waals surface area contributed by atoms with Gasteiger partial charge in [0, 0.05) is 0 Å². The van der Waals surface area contributed by atoms with Crippen LogP contribution in [-0.4, -0.2) is 34.9 Å². The van der Waals surface area contributed by atoms with E-state index < -0.39 is 0 Å². The van der Waals surface area contributed by atoms with Crippen molar-refractivity contribution in [3.63, 3.8) is 0 Å². The zero-order chi connectivity index (χ0) is 13.6. The Hall–Kier alpha value is -1.36. The molecule has 0 bridgehead atoms. The molecule has 0 aliphatic rings. The van der Waals surface area contributed by atoms with Crippen LogP contribution in [0.2, 0.25) is 0 Å². The molecular formula is C13H20BN3O. The molecule has 18 heavy (non-hydrogen) atoms. The first kappa shape index (κ1) is 13.1. The Morgan fingerprint density at radius 2 is 1.83 bits per heavy atom. The molecule has 0 saturated carbocycles. The van der Waals surface area contributed by atoms with Crippen LogP contribution in [0.5, 0.6) is 0 Å². The van der Waals surface area contributed by atoms with Crippen molar-refractivity contribution in [2.45, 2.75) is 27.3 Å². The third-order valence-electron chi connectivity index (χ3n) is 3.68. The molecular weight excluding hydrogens is 225 g/mol. The molecule has 0 aromatic carbocycles. The van der Waals surface area contributed by atoms with Gasteiger partial charge in [-0.05, 0) is 0 Å². The molecule has 2 aromatic heterocycles. The number of rotatable bonds is 2. The van der Waals surface area contributed by atoms with Gasteiger partial charge in [0.15, 0.2) is 0 Å². The van der Waals surface area contributed by atoms with Crippen LogP contribution >= 0.6 is 0 Å². The summed E-state index contributed by atoms with van der Waals surface area (Å²) in [6, 6.07) is 0. The van der Waals surface area contributed by atoms with Crippen LogP contribution in [0.15, 0.2) is 4.79 Å². The summed E-state index contributed by atoms with van der Waals surface area (Å²) >= 11 is 0. The van der Waals surface area contributed by atoms with E-state index in [1.54, 1.807) is 0 Å². The molecule has 0 saturated heterocycles. The summed E-state index contributed by atoms with van der Waals surface area (Å²) in [7, 11) is 6.05.